The number of nitrogens with zero attached hydrogens (tertiary/aromatic N) is 2. The van der Waals surface area contributed by atoms with Crippen molar-refractivity contribution < 1.29 is 4.74 Å². The Morgan fingerprint density at radius 2 is 1.85 bits per heavy atom. The summed E-state index contributed by atoms with van der Waals surface area (Å²) in [6, 6.07) is 14.7. The Labute approximate surface area is 126 Å². The maximum atomic E-state index is 6.05. The van der Waals surface area contributed by atoms with Gasteiger partial charge in [0.15, 0.2) is 5.75 Å². The lowest BCUT2D eigenvalue weighted by molar-refractivity contribution is 0.482. The monoisotopic (exact) mass is 304 g/mol. The van der Waals surface area contributed by atoms with Crippen LogP contribution in [0.2, 0.25) is 10.0 Å². The van der Waals surface area contributed by atoms with Crippen molar-refractivity contribution in [1.82, 2.24) is 9.78 Å². The highest BCUT2D eigenvalue weighted by molar-refractivity contribution is 6.32. The van der Waals surface area contributed by atoms with Crippen LogP contribution in [0.1, 0.15) is 0 Å². The molecule has 20 heavy (non-hydrogen) atoms. The zero-order valence-corrected chi connectivity index (χ0v) is 11.8. The van der Waals surface area contributed by atoms with Crippen LogP contribution in [0.3, 0.4) is 0 Å². The molecule has 1 aromatic heterocycles. The minimum absolute atomic E-state index is 0.558. The lowest BCUT2D eigenvalue weighted by Crippen LogP contribution is -1.93. The molecular formula is C15H10Cl2N2O. The molecule has 0 atom stereocenters. The zero-order valence-electron chi connectivity index (χ0n) is 10.3. The third-order valence-corrected chi connectivity index (χ3v) is 3.24. The second-order valence-electron chi connectivity index (χ2n) is 4.13. The number of ether oxygens (including phenoxy) is 1. The van der Waals surface area contributed by atoms with E-state index in [1.54, 1.807) is 29.2 Å². The molecule has 0 saturated heterocycles. The Morgan fingerprint density at radius 1 is 1.00 bits per heavy atom. The van der Waals surface area contributed by atoms with E-state index in [0.717, 1.165) is 5.69 Å². The van der Waals surface area contributed by atoms with Crippen LogP contribution in [0, 0.1) is 0 Å². The van der Waals surface area contributed by atoms with Gasteiger partial charge in [-0.25, -0.2) is 4.68 Å². The molecule has 0 aliphatic heterocycles. The predicted molar refractivity (Wildman–Crippen MR) is 80.1 cm³/mol. The van der Waals surface area contributed by atoms with Gasteiger partial charge in [0.05, 0.1) is 23.1 Å². The highest BCUT2D eigenvalue weighted by Gasteiger charge is 2.06. The van der Waals surface area contributed by atoms with Crippen LogP contribution in [-0.2, 0) is 0 Å². The van der Waals surface area contributed by atoms with E-state index >= 15 is 0 Å². The Bertz CT molecular complexity index is 740. The minimum Gasteiger partial charge on any atom is -0.452 e. The van der Waals surface area contributed by atoms with Gasteiger partial charge in [-0.3, -0.25) is 0 Å². The van der Waals surface area contributed by atoms with E-state index in [-0.39, 0.29) is 0 Å². The van der Waals surface area contributed by atoms with E-state index in [2.05, 4.69) is 5.10 Å². The van der Waals surface area contributed by atoms with Gasteiger partial charge in [-0.05, 0) is 30.3 Å². The first-order valence-electron chi connectivity index (χ1n) is 5.95. The number of para-hydroxylation sites is 1. The zero-order chi connectivity index (χ0) is 13.9. The molecule has 1 heterocycles. The first-order chi connectivity index (χ1) is 9.72. The molecule has 3 rings (SSSR count). The van der Waals surface area contributed by atoms with Gasteiger partial charge in [-0.1, -0.05) is 41.4 Å². The number of halogens is 2. The fourth-order valence-electron chi connectivity index (χ4n) is 1.77. The smallest absolute Gasteiger partial charge is 0.165 e. The van der Waals surface area contributed by atoms with Gasteiger partial charge < -0.3 is 4.74 Å². The topological polar surface area (TPSA) is 27.1 Å². The Hall–Kier alpha value is -1.97. The first kappa shape index (κ1) is 13.0. The maximum absolute atomic E-state index is 6.05. The summed E-state index contributed by atoms with van der Waals surface area (Å²) in [4.78, 5) is 0. The second kappa shape index (κ2) is 5.57. The summed E-state index contributed by atoms with van der Waals surface area (Å²) < 4.78 is 7.39. The van der Waals surface area contributed by atoms with Crippen molar-refractivity contribution >= 4 is 23.2 Å². The standard InChI is InChI=1S/C15H10Cl2N2O/c16-11-4-3-5-12(8-11)19-10-13(9-18-19)20-15-7-2-1-6-14(15)17/h1-10H. The van der Waals surface area contributed by atoms with Crippen LogP contribution in [0.4, 0.5) is 0 Å². The number of aromatic nitrogens is 2. The molecular weight excluding hydrogens is 295 g/mol. The van der Waals surface area contributed by atoms with Crippen LogP contribution in [-0.4, -0.2) is 9.78 Å². The molecule has 0 N–H and O–H groups in total. The molecule has 0 spiro atoms. The minimum atomic E-state index is 0.558. The molecule has 3 nitrogen and oxygen atoms in total. The largest absolute Gasteiger partial charge is 0.452 e. The molecule has 0 bridgehead atoms. The van der Waals surface area contributed by atoms with Crippen LogP contribution in [0.5, 0.6) is 11.5 Å². The van der Waals surface area contributed by atoms with Crippen LogP contribution in [0.25, 0.3) is 5.69 Å². The van der Waals surface area contributed by atoms with Crippen molar-refractivity contribution in [3.63, 3.8) is 0 Å². The predicted octanol–water partition coefficient (Wildman–Crippen LogP) is 4.97. The summed E-state index contributed by atoms with van der Waals surface area (Å²) in [5.74, 6) is 1.21. The molecule has 0 amide bonds. The average Bonchev–Trinajstić information content (AvgIpc) is 2.90. The molecule has 5 heteroatoms. The van der Waals surface area contributed by atoms with Crippen LogP contribution in [0.15, 0.2) is 60.9 Å². The third kappa shape index (κ3) is 2.79. The fourth-order valence-corrected chi connectivity index (χ4v) is 2.13. The van der Waals surface area contributed by atoms with Gasteiger partial charge >= 0.3 is 0 Å². The molecule has 0 aliphatic rings. The lowest BCUT2D eigenvalue weighted by Gasteiger charge is -2.04. The number of hydrogen-bond acceptors (Lipinski definition) is 2. The first-order valence-corrected chi connectivity index (χ1v) is 6.71. The quantitative estimate of drug-likeness (QED) is 0.683. The van der Waals surface area contributed by atoms with Gasteiger partial charge in [-0.15, -0.1) is 0 Å². The van der Waals surface area contributed by atoms with Crippen LogP contribution >= 0.6 is 23.2 Å². The van der Waals surface area contributed by atoms with Crippen molar-refractivity contribution in [1.29, 1.82) is 0 Å². The van der Waals surface area contributed by atoms with Crippen molar-refractivity contribution in [3.8, 4) is 17.2 Å². The fraction of sp³-hybridized carbons (Fsp3) is 0. The Balaban J connectivity index is 1.86. The third-order valence-electron chi connectivity index (χ3n) is 2.70. The molecule has 0 radical (unpaired) electrons. The lowest BCUT2D eigenvalue weighted by atomic mass is 10.3. The van der Waals surface area contributed by atoms with Gasteiger partial charge in [0.25, 0.3) is 0 Å². The Kier molecular flexibility index (Phi) is 3.63. The molecule has 0 saturated carbocycles. The van der Waals surface area contributed by atoms with Gasteiger partial charge in [-0.2, -0.15) is 5.10 Å². The average molecular weight is 305 g/mol. The van der Waals surface area contributed by atoms with E-state index in [1.807, 2.05) is 36.4 Å². The summed E-state index contributed by atoms with van der Waals surface area (Å²) in [6.07, 6.45) is 3.40. The number of benzene rings is 2. The van der Waals surface area contributed by atoms with E-state index < -0.39 is 0 Å². The molecule has 0 aliphatic carbocycles. The SMILES string of the molecule is Clc1cccc(-n2cc(Oc3ccccc3Cl)cn2)c1. The number of rotatable bonds is 3. The maximum Gasteiger partial charge on any atom is 0.165 e. The summed E-state index contributed by atoms with van der Waals surface area (Å²) in [7, 11) is 0. The summed E-state index contributed by atoms with van der Waals surface area (Å²) in [6.45, 7) is 0. The Morgan fingerprint density at radius 3 is 2.65 bits per heavy atom. The van der Waals surface area contributed by atoms with Gasteiger partial charge in [0, 0.05) is 5.02 Å². The van der Waals surface area contributed by atoms with E-state index in [9.17, 15) is 0 Å². The van der Waals surface area contributed by atoms with E-state index in [1.165, 1.54) is 0 Å². The molecule has 0 fully saturated rings. The summed E-state index contributed by atoms with van der Waals surface area (Å²) in [5.41, 5.74) is 0.867. The normalized spacial score (nSPS) is 10.5. The molecule has 3 aromatic rings. The summed E-state index contributed by atoms with van der Waals surface area (Å²) in [5, 5.41) is 5.46. The van der Waals surface area contributed by atoms with Gasteiger partial charge in [0.1, 0.15) is 5.75 Å². The van der Waals surface area contributed by atoms with Gasteiger partial charge in [0.2, 0.25) is 0 Å². The van der Waals surface area contributed by atoms with E-state index in [0.29, 0.717) is 21.5 Å². The molecule has 100 valence electrons. The second-order valence-corrected chi connectivity index (χ2v) is 4.98. The summed E-state index contributed by atoms with van der Waals surface area (Å²) >= 11 is 12.0. The highest BCUT2D eigenvalue weighted by Crippen LogP contribution is 2.29. The highest BCUT2D eigenvalue weighted by atomic mass is 35.5. The van der Waals surface area contributed by atoms with E-state index in [4.69, 9.17) is 27.9 Å². The van der Waals surface area contributed by atoms with Crippen molar-refractivity contribution in [2.24, 2.45) is 0 Å². The van der Waals surface area contributed by atoms with Crippen molar-refractivity contribution in [2.75, 3.05) is 0 Å². The number of hydrogen-bond donors (Lipinski definition) is 0. The molecule has 0 unspecified atom stereocenters. The van der Waals surface area contributed by atoms with Crippen molar-refractivity contribution in [2.45, 2.75) is 0 Å². The van der Waals surface area contributed by atoms with Crippen LogP contribution < -0.4 is 4.74 Å². The van der Waals surface area contributed by atoms with Crippen molar-refractivity contribution in [3.05, 3.63) is 71.0 Å². The molecule has 2 aromatic carbocycles.